The molecule has 0 fully saturated rings. The van der Waals surface area contributed by atoms with E-state index in [-0.39, 0.29) is 5.69 Å². The van der Waals surface area contributed by atoms with Gasteiger partial charge in [0.15, 0.2) is 5.16 Å². The van der Waals surface area contributed by atoms with Crippen LogP contribution in [0.5, 0.6) is 0 Å². The summed E-state index contributed by atoms with van der Waals surface area (Å²) in [5.74, 6) is 0. The minimum atomic E-state index is -0.456. The summed E-state index contributed by atoms with van der Waals surface area (Å²) in [7, 11) is 0. The Morgan fingerprint density at radius 2 is 2.00 bits per heavy atom. The van der Waals surface area contributed by atoms with Gasteiger partial charge in [0.2, 0.25) is 0 Å². The van der Waals surface area contributed by atoms with Crippen molar-refractivity contribution >= 4 is 34.6 Å². The average Bonchev–Trinajstić information content (AvgIpc) is 2.97. The molecule has 1 aromatic heterocycles. The molecule has 0 aliphatic heterocycles. The van der Waals surface area contributed by atoms with Gasteiger partial charge in [0.05, 0.1) is 20.9 Å². The summed E-state index contributed by atoms with van der Waals surface area (Å²) in [4.78, 5) is 18.2. The van der Waals surface area contributed by atoms with Crippen molar-refractivity contribution in [3.8, 4) is 6.07 Å². The highest BCUT2D eigenvalue weighted by Crippen LogP contribution is 2.27. The molecule has 0 bridgehead atoms. The SMILES string of the molecule is N#CC(=Cc1ccc([N+](=O)[O-])cc1)Sc1nc2ccccc2[nH]1. The van der Waals surface area contributed by atoms with E-state index in [0.717, 1.165) is 16.6 Å². The third kappa shape index (κ3) is 3.39. The first-order valence-electron chi connectivity index (χ1n) is 6.64. The first-order chi connectivity index (χ1) is 11.2. The van der Waals surface area contributed by atoms with E-state index in [2.05, 4.69) is 16.0 Å². The summed E-state index contributed by atoms with van der Waals surface area (Å²) in [6.07, 6.45) is 1.67. The first-order valence-corrected chi connectivity index (χ1v) is 7.46. The number of benzene rings is 2. The van der Waals surface area contributed by atoms with Gasteiger partial charge < -0.3 is 4.98 Å². The van der Waals surface area contributed by atoms with Gasteiger partial charge in [0.25, 0.3) is 5.69 Å². The van der Waals surface area contributed by atoms with E-state index in [9.17, 15) is 15.4 Å². The van der Waals surface area contributed by atoms with E-state index in [1.807, 2.05) is 24.3 Å². The van der Waals surface area contributed by atoms with Gasteiger partial charge in [-0.1, -0.05) is 12.1 Å². The van der Waals surface area contributed by atoms with Gasteiger partial charge in [-0.05, 0) is 47.7 Å². The van der Waals surface area contributed by atoms with Crippen LogP contribution >= 0.6 is 11.8 Å². The largest absolute Gasteiger partial charge is 0.333 e. The van der Waals surface area contributed by atoms with Crippen LogP contribution in [-0.4, -0.2) is 14.9 Å². The molecule has 0 saturated carbocycles. The highest BCUT2D eigenvalue weighted by Gasteiger charge is 2.07. The minimum Gasteiger partial charge on any atom is -0.333 e. The molecule has 23 heavy (non-hydrogen) atoms. The molecular formula is C16H10N4O2S. The van der Waals surface area contributed by atoms with Crippen molar-refractivity contribution in [3.63, 3.8) is 0 Å². The molecule has 1 N–H and O–H groups in total. The molecule has 6 nitrogen and oxygen atoms in total. The molecule has 0 unspecified atom stereocenters. The summed E-state index contributed by atoms with van der Waals surface area (Å²) in [6.45, 7) is 0. The Labute approximate surface area is 135 Å². The van der Waals surface area contributed by atoms with Gasteiger partial charge in [-0.2, -0.15) is 5.26 Å². The molecule has 0 atom stereocenters. The Morgan fingerprint density at radius 1 is 1.26 bits per heavy atom. The predicted molar refractivity (Wildman–Crippen MR) is 88.6 cm³/mol. The fraction of sp³-hybridized carbons (Fsp3) is 0. The normalized spacial score (nSPS) is 11.3. The number of H-pyrrole nitrogens is 1. The molecular weight excluding hydrogens is 312 g/mol. The smallest absolute Gasteiger partial charge is 0.269 e. The van der Waals surface area contributed by atoms with Crippen LogP contribution < -0.4 is 0 Å². The number of allylic oxidation sites excluding steroid dienone is 1. The predicted octanol–water partition coefficient (Wildman–Crippen LogP) is 4.13. The van der Waals surface area contributed by atoms with Crippen LogP contribution in [-0.2, 0) is 0 Å². The summed E-state index contributed by atoms with van der Waals surface area (Å²) in [6, 6.07) is 15.8. The molecule has 3 rings (SSSR count). The van der Waals surface area contributed by atoms with Gasteiger partial charge in [0.1, 0.15) is 6.07 Å². The number of para-hydroxylation sites is 2. The summed E-state index contributed by atoms with van der Waals surface area (Å²) >= 11 is 1.22. The molecule has 0 spiro atoms. The van der Waals surface area contributed by atoms with Gasteiger partial charge >= 0.3 is 0 Å². The maximum absolute atomic E-state index is 10.6. The summed E-state index contributed by atoms with van der Waals surface area (Å²) < 4.78 is 0. The van der Waals surface area contributed by atoms with Crippen LogP contribution in [0.15, 0.2) is 58.6 Å². The molecule has 0 amide bonds. The van der Waals surface area contributed by atoms with Crippen LogP contribution in [0.25, 0.3) is 17.1 Å². The molecule has 7 heteroatoms. The average molecular weight is 322 g/mol. The zero-order valence-electron chi connectivity index (χ0n) is 11.8. The number of imidazole rings is 1. The number of nitrogens with one attached hydrogen (secondary N) is 1. The zero-order chi connectivity index (χ0) is 16.2. The highest BCUT2D eigenvalue weighted by molar-refractivity contribution is 8.03. The van der Waals surface area contributed by atoms with E-state index in [4.69, 9.17) is 0 Å². The van der Waals surface area contributed by atoms with Crippen LogP contribution in [0.3, 0.4) is 0 Å². The van der Waals surface area contributed by atoms with Crippen molar-refractivity contribution in [3.05, 3.63) is 69.1 Å². The molecule has 1 heterocycles. The van der Waals surface area contributed by atoms with Crippen LogP contribution in [0.1, 0.15) is 5.56 Å². The van der Waals surface area contributed by atoms with E-state index >= 15 is 0 Å². The summed E-state index contributed by atoms with van der Waals surface area (Å²) in [5, 5.41) is 20.5. The Bertz CT molecular complexity index is 906. The van der Waals surface area contributed by atoms with Gasteiger partial charge in [-0.3, -0.25) is 10.1 Å². The van der Waals surface area contributed by atoms with Crippen molar-refractivity contribution in [2.45, 2.75) is 5.16 Å². The molecule has 2 aromatic carbocycles. The minimum absolute atomic E-state index is 0.0191. The molecule has 0 saturated heterocycles. The Balaban J connectivity index is 1.84. The van der Waals surface area contributed by atoms with E-state index in [1.165, 1.54) is 23.9 Å². The lowest BCUT2D eigenvalue weighted by Gasteiger charge is -1.97. The lowest BCUT2D eigenvalue weighted by Crippen LogP contribution is -1.87. The standard InChI is InChI=1S/C16H10N4O2S/c17-10-13(9-11-5-7-12(8-6-11)20(21)22)23-16-18-14-3-1-2-4-15(14)19-16/h1-9H,(H,18,19). The highest BCUT2D eigenvalue weighted by atomic mass is 32.2. The number of rotatable bonds is 4. The Kier molecular flexibility index (Phi) is 4.08. The van der Waals surface area contributed by atoms with Crippen LogP contribution in [0.4, 0.5) is 5.69 Å². The van der Waals surface area contributed by atoms with Crippen molar-refractivity contribution in [2.24, 2.45) is 0 Å². The number of thioether (sulfide) groups is 1. The number of fused-ring (bicyclic) bond motifs is 1. The lowest BCUT2D eigenvalue weighted by molar-refractivity contribution is -0.384. The van der Waals surface area contributed by atoms with E-state index < -0.39 is 4.92 Å². The molecule has 0 aliphatic rings. The topological polar surface area (TPSA) is 95.6 Å². The van der Waals surface area contributed by atoms with Crippen LogP contribution in [0.2, 0.25) is 0 Å². The Morgan fingerprint density at radius 3 is 2.65 bits per heavy atom. The number of hydrogen-bond donors (Lipinski definition) is 1. The van der Waals surface area contributed by atoms with E-state index in [1.54, 1.807) is 18.2 Å². The maximum atomic E-state index is 10.6. The van der Waals surface area contributed by atoms with Crippen molar-refractivity contribution < 1.29 is 4.92 Å². The fourth-order valence-electron chi connectivity index (χ4n) is 2.01. The monoisotopic (exact) mass is 322 g/mol. The van der Waals surface area contributed by atoms with Gasteiger partial charge in [0, 0.05) is 12.1 Å². The molecule has 0 aliphatic carbocycles. The van der Waals surface area contributed by atoms with Crippen molar-refractivity contribution in [1.29, 1.82) is 5.26 Å². The van der Waals surface area contributed by atoms with E-state index in [0.29, 0.717) is 10.1 Å². The van der Waals surface area contributed by atoms with Crippen LogP contribution in [0, 0.1) is 21.4 Å². The number of nitrogens with zero attached hydrogens (tertiary/aromatic N) is 3. The van der Waals surface area contributed by atoms with Gasteiger partial charge in [-0.15, -0.1) is 0 Å². The lowest BCUT2D eigenvalue weighted by atomic mass is 10.2. The second-order valence-corrected chi connectivity index (χ2v) is 5.66. The second kappa shape index (κ2) is 6.34. The number of non-ortho nitro benzene ring substituents is 1. The zero-order valence-corrected chi connectivity index (χ0v) is 12.6. The molecule has 0 radical (unpaired) electrons. The quantitative estimate of drug-likeness (QED) is 0.337. The number of aromatic amines is 1. The number of aromatic nitrogens is 2. The fourth-order valence-corrected chi connectivity index (χ4v) is 2.76. The molecule has 3 aromatic rings. The summed E-state index contributed by atoms with van der Waals surface area (Å²) in [5.41, 5.74) is 2.48. The van der Waals surface area contributed by atoms with Crippen molar-refractivity contribution in [2.75, 3.05) is 0 Å². The second-order valence-electron chi connectivity index (χ2n) is 4.63. The number of nitro groups is 1. The Hall–Kier alpha value is -3.11. The molecule has 112 valence electrons. The third-order valence-corrected chi connectivity index (χ3v) is 3.90. The van der Waals surface area contributed by atoms with Gasteiger partial charge in [-0.25, -0.2) is 4.98 Å². The first kappa shape index (κ1) is 14.8. The van der Waals surface area contributed by atoms with Crippen molar-refractivity contribution in [1.82, 2.24) is 9.97 Å². The third-order valence-electron chi connectivity index (χ3n) is 3.09. The number of nitro benzene ring substituents is 1. The maximum Gasteiger partial charge on any atom is 0.269 e. The number of hydrogen-bond acceptors (Lipinski definition) is 5. The number of nitriles is 1.